The highest BCUT2D eigenvalue weighted by molar-refractivity contribution is 7.91. The van der Waals surface area contributed by atoms with Gasteiger partial charge in [0.2, 0.25) is 33.6 Å². The monoisotopic (exact) mass is 972 g/mol. The number of ether oxygens (including phenoxy) is 4. The van der Waals surface area contributed by atoms with Crippen LogP contribution in [-0.4, -0.2) is 103 Å². The van der Waals surface area contributed by atoms with Crippen molar-refractivity contribution < 1.29 is 59.6 Å². The molecule has 2 saturated carbocycles. The lowest BCUT2D eigenvalue weighted by Crippen LogP contribution is -2.60. The van der Waals surface area contributed by atoms with Crippen LogP contribution in [0.15, 0.2) is 36.4 Å². The molecule has 1 saturated heterocycles. The van der Waals surface area contributed by atoms with Crippen LogP contribution in [0, 0.1) is 17.8 Å². The van der Waals surface area contributed by atoms with E-state index in [2.05, 4.69) is 20.3 Å². The zero-order chi connectivity index (χ0) is 50.7. The summed E-state index contributed by atoms with van der Waals surface area (Å²) < 4.78 is 79.9. The van der Waals surface area contributed by atoms with Crippen LogP contribution < -0.4 is 29.6 Å². The summed E-state index contributed by atoms with van der Waals surface area (Å²) in [5, 5.41) is 6.68. The maximum absolute atomic E-state index is 14.9. The third kappa shape index (κ3) is 13.1. The minimum atomic E-state index is -4.09. The van der Waals surface area contributed by atoms with Gasteiger partial charge in [0.25, 0.3) is 11.8 Å². The lowest BCUT2D eigenvalue weighted by atomic mass is 9.88. The smallest absolute Gasteiger partial charge is 0.408 e. The van der Waals surface area contributed by atoms with E-state index in [0.717, 1.165) is 13.8 Å². The highest BCUT2D eigenvalue weighted by atomic mass is 32.2. The molecule has 0 radical (unpaired) electrons. The number of carbonyl (C=O) groups excluding carboxylic acids is 4. The number of methoxy groups -OCH3 is 2. The standard InChI is InChI=1S/C43H59F2N5O10S.3C2H6.3H2/c1-9-16-42(17-18-42)61(55,56)49-38(53)43-23-28(43)13-11-10-12-25(2)19-26(3)34(47-39(54)60-40(4,5)41(6,44)45)37(52)50-24-30(22-32(50)35(51)48-43)59-36-31-15-14-29(57-7)20-27(31)21-33(46-36)58-8;3*1-2;;;/h11,13-15,20-21,25-26,28,30,32,34H,9-10,12,16-19,22-24H2,1-8H3,(H,47,54)(H,48,51)(H,49,53);3*1-2H3;3*1H/b13-11-;;;;;;/t25-,26-,28-,30-,32+,34+,43-;;;;;;/m1....../s1. The number of halogens is 2. The Balaban J connectivity index is 0.00000509. The van der Waals surface area contributed by atoms with E-state index >= 15 is 0 Å². The third-order valence-corrected chi connectivity index (χ3v) is 15.1. The van der Waals surface area contributed by atoms with Crippen molar-refractivity contribution >= 4 is 44.6 Å². The molecule has 2 aliphatic carbocycles. The van der Waals surface area contributed by atoms with E-state index in [-0.39, 0.29) is 41.3 Å². The number of hydrogen-bond acceptors (Lipinski definition) is 11. The van der Waals surface area contributed by atoms with Crippen LogP contribution >= 0.6 is 0 Å². The summed E-state index contributed by atoms with van der Waals surface area (Å²) in [6.07, 6.45) is 5.16. The fourth-order valence-corrected chi connectivity index (χ4v) is 10.3. The van der Waals surface area contributed by atoms with E-state index < -0.39 is 85.7 Å². The van der Waals surface area contributed by atoms with Gasteiger partial charge in [0, 0.05) is 35.0 Å². The number of rotatable bonds is 12. The number of benzene rings is 1. The molecule has 1 aromatic heterocycles. The molecule has 67 heavy (non-hydrogen) atoms. The first-order chi connectivity index (χ1) is 31.6. The summed E-state index contributed by atoms with van der Waals surface area (Å²) in [7, 11) is -1.11. The van der Waals surface area contributed by atoms with Crippen molar-refractivity contribution in [3.8, 4) is 17.5 Å². The van der Waals surface area contributed by atoms with Gasteiger partial charge in [-0.15, -0.1) is 0 Å². The molecule has 384 valence electrons. The molecule has 15 nitrogen and oxygen atoms in total. The van der Waals surface area contributed by atoms with Gasteiger partial charge in [-0.2, -0.15) is 4.98 Å². The summed E-state index contributed by atoms with van der Waals surface area (Å²) in [4.78, 5) is 62.9. The summed E-state index contributed by atoms with van der Waals surface area (Å²) in [6, 6.07) is 4.33. The second kappa shape index (κ2) is 23.5. The van der Waals surface area contributed by atoms with Crippen molar-refractivity contribution in [3.05, 3.63) is 36.4 Å². The van der Waals surface area contributed by atoms with E-state index in [4.69, 9.17) is 18.9 Å². The predicted octanol–water partition coefficient (Wildman–Crippen LogP) is 9.61. The maximum Gasteiger partial charge on any atom is 0.408 e. The second-order valence-corrected chi connectivity index (χ2v) is 20.0. The van der Waals surface area contributed by atoms with E-state index in [1.54, 1.807) is 31.2 Å². The number of allylic oxidation sites excluding steroid dienone is 1. The van der Waals surface area contributed by atoms with Gasteiger partial charge >= 0.3 is 6.09 Å². The van der Waals surface area contributed by atoms with Crippen molar-refractivity contribution in [2.75, 3.05) is 20.8 Å². The minimum absolute atomic E-state index is 0. The Kier molecular flexibility index (Phi) is 19.9. The topological polar surface area (TPSA) is 192 Å². The van der Waals surface area contributed by atoms with Crippen molar-refractivity contribution in [2.45, 2.75) is 181 Å². The number of fused-ring (bicyclic) bond motifs is 3. The second-order valence-electron chi connectivity index (χ2n) is 17.9. The molecule has 0 unspecified atom stereocenters. The zero-order valence-corrected chi connectivity index (χ0v) is 43.0. The molecular weight excluding hydrogens is 889 g/mol. The number of carbonyl (C=O) groups is 4. The first-order valence-corrected chi connectivity index (χ1v) is 25.5. The summed E-state index contributed by atoms with van der Waals surface area (Å²) in [5.41, 5.74) is -3.86. The Morgan fingerprint density at radius 3 is 2.24 bits per heavy atom. The zero-order valence-electron chi connectivity index (χ0n) is 42.1. The quantitative estimate of drug-likeness (QED) is 0.172. The first-order valence-electron chi connectivity index (χ1n) is 24.0. The molecule has 3 N–H and O–H groups in total. The number of amides is 4. The van der Waals surface area contributed by atoms with Crippen LogP contribution in [-0.2, 0) is 29.1 Å². The predicted molar refractivity (Wildman–Crippen MR) is 262 cm³/mol. The van der Waals surface area contributed by atoms with Crippen LogP contribution in [0.1, 0.15) is 145 Å². The van der Waals surface area contributed by atoms with Gasteiger partial charge < -0.3 is 34.5 Å². The Morgan fingerprint density at radius 2 is 1.66 bits per heavy atom. The van der Waals surface area contributed by atoms with Gasteiger partial charge in [0.05, 0.1) is 25.5 Å². The molecule has 2 aliphatic heterocycles. The summed E-state index contributed by atoms with van der Waals surface area (Å²) in [6.45, 7) is 20.2. The van der Waals surface area contributed by atoms with Gasteiger partial charge in [-0.05, 0) is 94.2 Å². The van der Waals surface area contributed by atoms with Crippen molar-refractivity contribution in [1.29, 1.82) is 0 Å². The minimum Gasteiger partial charge on any atom is -0.497 e. The molecule has 2 aromatic rings. The largest absolute Gasteiger partial charge is 0.497 e. The van der Waals surface area contributed by atoms with Gasteiger partial charge in [0.15, 0.2) is 5.60 Å². The summed E-state index contributed by atoms with van der Waals surface area (Å²) >= 11 is 0. The van der Waals surface area contributed by atoms with E-state index in [1.807, 2.05) is 67.5 Å². The molecule has 4 aliphatic rings. The van der Waals surface area contributed by atoms with Crippen LogP contribution in [0.5, 0.6) is 17.5 Å². The van der Waals surface area contributed by atoms with Crippen molar-refractivity contribution in [2.24, 2.45) is 17.8 Å². The fraction of sp³-hybridized carbons (Fsp3) is 0.694. The SMILES string of the molecule is CC.CC.CC.CCCC1(S(=O)(=O)NC(=O)[C@@]23C[C@H]2/C=C\CC[C@@H](C)C[C@@H](C)[C@H](NC(=O)OC(C)(C)C(C)(F)F)C(=O)N2C[C@H](Oc4nc(OC)cc5cc(OC)ccc45)C[C@H]2C(=O)N3)CC1.[HH].[HH].[HH]. The molecule has 1 aromatic carbocycles. The van der Waals surface area contributed by atoms with Crippen LogP contribution in [0.25, 0.3) is 10.8 Å². The Bertz CT molecular complexity index is 2170. The van der Waals surface area contributed by atoms with Crippen LogP contribution in [0.2, 0.25) is 0 Å². The number of pyridine rings is 1. The highest BCUT2D eigenvalue weighted by Crippen LogP contribution is 2.49. The molecule has 18 heteroatoms. The lowest BCUT2D eigenvalue weighted by molar-refractivity contribution is -0.152. The molecule has 6 rings (SSSR count). The van der Waals surface area contributed by atoms with Gasteiger partial charge in [-0.3, -0.25) is 19.1 Å². The number of nitrogens with one attached hydrogen (secondary N) is 3. The van der Waals surface area contributed by atoms with Crippen LogP contribution in [0.3, 0.4) is 0 Å². The Labute approximate surface area is 401 Å². The maximum atomic E-state index is 14.9. The molecule has 4 amide bonds. The summed E-state index contributed by atoms with van der Waals surface area (Å²) in [5.74, 6) is -5.85. The number of nitrogens with zero attached hydrogens (tertiary/aromatic N) is 2. The average Bonchev–Trinajstić information content (AvgIpc) is 4.19. The van der Waals surface area contributed by atoms with Crippen LogP contribution in [0.4, 0.5) is 13.6 Å². The molecule has 3 heterocycles. The number of alkyl carbamates (subject to hydrolysis) is 1. The third-order valence-electron chi connectivity index (χ3n) is 12.9. The van der Waals surface area contributed by atoms with E-state index in [0.29, 0.717) is 68.4 Å². The highest BCUT2D eigenvalue weighted by Gasteiger charge is 2.64. The van der Waals surface area contributed by atoms with E-state index in [9.17, 15) is 36.4 Å². The van der Waals surface area contributed by atoms with Gasteiger partial charge in [0.1, 0.15) is 29.5 Å². The first kappa shape index (κ1) is 56.6. The Hall–Kier alpha value is -4.74. The number of sulfonamides is 1. The molecule has 0 spiro atoms. The fourth-order valence-electron chi connectivity index (χ4n) is 8.52. The Morgan fingerprint density at radius 1 is 1.00 bits per heavy atom. The number of alkyl halides is 2. The molecule has 0 bridgehead atoms. The van der Waals surface area contributed by atoms with Gasteiger partial charge in [-0.1, -0.05) is 80.9 Å². The van der Waals surface area contributed by atoms with Gasteiger partial charge in [-0.25, -0.2) is 22.0 Å². The molecular formula is C49H83F2N5O10S. The normalized spacial score (nSPS) is 26.2. The van der Waals surface area contributed by atoms with Crippen molar-refractivity contribution in [1.82, 2.24) is 25.2 Å². The number of hydrogen-bond donors (Lipinski definition) is 3. The van der Waals surface area contributed by atoms with Crippen molar-refractivity contribution in [3.63, 3.8) is 0 Å². The van der Waals surface area contributed by atoms with E-state index in [1.165, 1.54) is 19.1 Å². The number of aromatic nitrogens is 1. The molecule has 7 atom stereocenters. The molecule has 3 fully saturated rings. The lowest BCUT2D eigenvalue weighted by Gasteiger charge is -2.35. The average molecular weight is 972 g/mol.